The monoisotopic (exact) mass is 286 g/mol. The zero-order chi connectivity index (χ0) is 14.5. The van der Waals surface area contributed by atoms with Crippen molar-refractivity contribution in [2.75, 3.05) is 27.3 Å². The second kappa shape index (κ2) is 7.00. The summed E-state index contributed by atoms with van der Waals surface area (Å²) >= 11 is 0. The molecule has 5 nitrogen and oxygen atoms in total. The Bertz CT molecular complexity index is 515. The Kier molecular flexibility index (Phi) is 5.93. The predicted octanol–water partition coefficient (Wildman–Crippen LogP) is 0.975. The van der Waals surface area contributed by atoms with E-state index < -0.39 is 10.0 Å². The van der Waals surface area contributed by atoms with E-state index in [-0.39, 0.29) is 4.90 Å². The SMILES string of the molecule is CCc1ccc(S(=O)(=O)N(C)CCOC)cc1CN. The molecule has 19 heavy (non-hydrogen) atoms. The van der Waals surface area contributed by atoms with Crippen LogP contribution in [-0.2, 0) is 27.7 Å². The van der Waals surface area contributed by atoms with Gasteiger partial charge in [0.2, 0.25) is 10.0 Å². The summed E-state index contributed by atoms with van der Waals surface area (Å²) in [6, 6.07) is 5.13. The summed E-state index contributed by atoms with van der Waals surface area (Å²) in [6.45, 7) is 3.06. The van der Waals surface area contributed by atoms with E-state index in [1.54, 1.807) is 26.3 Å². The zero-order valence-electron chi connectivity index (χ0n) is 11.7. The van der Waals surface area contributed by atoms with Crippen LogP contribution in [0.4, 0.5) is 0 Å². The molecule has 0 saturated carbocycles. The number of methoxy groups -OCH3 is 1. The topological polar surface area (TPSA) is 72.6 Å². The molecule has 0 aromatic heterocycles. The first-order chi connectivity index (χ1) is 8.97. The van der Waals surface area contributed by atoms with Gasteiger partial charge >= 0.3 is 0 Å². The van der Waals surface area contributed by atoms with Crippen molar-refractivity contribution in [2.45, 2.75) is 24.8 Å². The van der Waals surface area contributed by atoms with Crippen LogP contribution in [0, 0.1) is 0 Å². The Morgan fingerprint density at radius 3 is 2.53 bits per heavy atom. The molecule has 2 N–H and O–H groups in total. The van der Waals surface area contributed by atoms with Crippen LogP contribution in [0.3, 0.4) is 0 Å². The molecule has 0 aliphatic heterocycles. The van der Waals surface area contributed by atoms with E-state index in [9.17, 15) is 8.42 Å². The van der Waals surface area contributed by atoms with Crippen molar-refractivity contribution in [1.29, 1.82) is 0 Å². The maximum atomic E-state index is 12.3. The molecular weight excluding hydrogens is 264 g/mol. The van der Waals surface area contributed by atoms with Gasteiger partial charge in [0.25, 0.3) is 0 Å². The van der Waals surface area contributed by atoms with Crippen LogP contribution in [0.1, 0.15) is 18.1 Å². The molecule has 0 aliphatic carbocycles. The fourth-order valence-corrected chi connectivity index (χ4v) is 3.02. The third-order valence-corrected chi connectivity index (χ3v) is 4.95. The smallest absolute Gasteiger partial charge is 0.242 e. The standard InChI is InChI=1S/C13H22N2O3S/c1-4-11-5-6-13(9-12(11)10-14)19(16,17)15(2)7-8-18-3/h5-6,9H,4,7-8,10,14H2,1-3H3. The van der Waals surface area contributed by atoms with Crippen LogP contribution in [0.15, 0.2) is 23.1 Å². The number of nitrogens with two attached hydrogens (primary N) is 1. The van der Waals surface area contributed by atoms with Gasteiger partial charge in [-0.3, -0.25) is 0 Å². The van der Waals surface area contributed by atoms with Crippen LogP contribution >= 0.6 is 0 Å². The lowest BCUT2D eigenvalue weighted by molar-refractivity contribution is 0.185. The molecule has 1 aromatic carbocycles. The first kappa shape index (κ1) is 16.1. The normalized spacial score (nSPS) is 12.1. The van der Waals surface area contributed by atoms with Crippen LogP contribution in [0.2, 0.25) is 0 Å². The Balaban J connectivity index is 3.08. The van der Waals surface area contributed by atoms with Gasteiger partial charge in [-0.25, -0.2) is 8.42 Å². The summed E-state index contributed by atoms with van der Waals surface area (Å²) in [7, 11) is -0.381. The highest BCUT2D eigenvalue weighted by atomic mass is 32.2. The highest BCUT2D eigenvalue weighted by Crippen LogP contribution is 2.19. The Morgan fingerprint density at radius 1 is 1.32 bits per heavy atom. The van der Waals surface area contributed by atoms with Crippen molar-refractivity contribution in [3.05, 3.63) is 29.3 Å². The van der Waals surface area contributed by atoms with Crippen LogP contribution in [0.5, 0.6) is 0 Å². The summed E-state index contributed by atoms with van der Waals surface area (Å²) in [5.74, 6) is 0. The van der Waals surface area contributed by atoms with E-state index in [2.05, 4.69) is 0 Å². The van der Waals surface area contributed by atoms with Crippen molar-refractivity contribution < 1.29 is 13.2 Å². The van der Waals surface area contributed by atoms with Crippen LogP contribution in [0.25, 0.3) is 0 Å². The summed E-state index contributed by atoms with van der Waals surface area (Å²) in [6.07, 6.45) is 0.840. The molecule has 0 atom stereocenters. The highest BCUT2D eigenvalue weighted by molar-refractivity contribution is 7.89. The Morgan fingerprint density at radius 2 is 2.00 bits per heavy atom. The van der Waals surface area contributed by atoms with E-state index >= 15 is 0 Å². The number of nitrogens with zero attached hydrogens (tertiary/aromatic N) is 1. The largest absolute Gasteiger partial charge is 0.383 e. The van der Waals surface area contributed by atoms with E-state index in [0.717, 1.165) is 17.5 Å². The van der Waals surface area contributed by atoms with Crippen molar-refractivity contribution in [3.8, 4) is 0 Å². The number of hydrogen-bond acceptors (Lipinski definition) is 4. The van der Waals surface area contributed by atoms with Gasteiger partial charge in [0.1, 0.15) is 0 Å². The molecule has 0 spiro atoms. The molecule has 0 heterocycles. The summed E-state index contributed by atoms with van der Waals surface area (Å²) < 4.78 is 30.9. The number of benzene rings is 1. The number of sulfonamides is 1. The molecule has 6 heteroatoms. The minimum absolute atomic E-state index is 0.281. The quantitative estimate of drug-likeness (QED) is 0.811. The van der Waals surface area contributed by atoms with Gasteiger partial charge in [0.05, 0.1) is 11.5 Å². The lowest BCUT2D eigenvalue weighted by Crippen LogP contribution is -2.30. The van der Waals surface area contributed by atoms with Gasteiger partial charge in [0.15, 0.2) is 0 Å². The lowest BCUT2D eigenvalue weighted by Gasteiger charge is -2.18. The molecule has 0 saturated heterocycles. The zero-order valence-corrected chi connectivity index (χ0v) is 12.5. The molecule has 0 unspecified atom stereocenters. The number of aryl methyl sites for hydroxylation is 1. The minimum Gasteiger partial charge on any atom is -0.383 e. The summed E-state index contributed by atoms with van der Waals surface area (Å²) in [5, 5.41) is 0. The first-order valence-corrected chi connectivity index (χ1v) is 7.68. The van der Waals surface area contributed by atoms with Gasteiger partial charge in [-0.15, -0.1) is 0 Å². The number of likely N-dealkylation sites (N-methyl/N-ethyl adjacent to an activating group) is 1. The lowest BCUT2D eigenvalue weighted by atomic mass is 10.1. The molecule has 0 amide bonds. The van der Waals surface area contributed by atoms with Gasteiger partial charge in [0, 0.05) is 27.2 Å². The van der Waals surface area contributed by atoms with E-state index in [1.165, 1.54) is 4.31 Å². The van der Waals surface area contributed by atoms with E-state index in [1.807, 2.05) is 13.0 Å². The molecule has 1 rings (SSSR count). The van der Waals surface area contributed by atoms with Crippen molar-refractivity contribution in [1.82, 2.24) is 4.31 Å². The summed E-state index contributed by atoms with van der Waals surface area (Å²) in [5.41, 5.74) is 7.63. The number of ether oxygens (including phenoxy) is 1. The Labute approximate surface area is 115 Å². The second-order valence-electron chi connectivity index (χ2n) is 4.31. The van der Waals surface area contributed by atoms with Crippen LogP contribution in [-0.4, -0.2) is 40.0 Å². The number of hydrogen-bond donors (Lipinski definition) is 1. The van der Waals surface area contributed by atoms with Gasteiger partial charge < -0.3 is 10.5 Å². The molecule has 108 valence electrons. The highest BCUT2D eigenvalue weighted by Gasteiger charge is 2.21. The summed E-state index contributed by atoms with van der Waals surface area (Å²) in [4.78, 5) is 0.281. The number of rotatable bonds is 7. The fraction of sp³-hybridized carbons (Fsp3) is 0.538. The van der Waals surface area contributed by atoms with Gasteiger partial charge in [-0.2, -0.15) is 4.31 Å². The first-order valence-electron chi connectivity index (χ1n) is 6.24. The average molecular weight is 286 g/mol. The fourth-order valence-electron chi connectivity index (χ4n) is 1.82. The average Bonchev–Trinajstić information content (AvgIpc) is 2.43. The maximum Gasteiger partial charge on any atom is 0.242 e. The third-order valence-electron chi connectivity index (χ3n) is 3.10. The molecule has 0 bridgehead atoms. The predicted molar refractivity (Wildman–Crippen MR) is 75.4 cm³/mol. The minimum atomic E-state index is -3.47. The van der Waals surface area contributed by atoms with E-state index in [4.69, 9.17) is 10.5 Å². The molecule has 0 radical (unpaired) electrons. The van der Waals surface area contributed by atoms with Crippen molar-refractivity contribution in [3.63, 3.8) is 0 Å². The van der Waals surface area contributed by atoms with Gasteiger partial charge in [-0.05, 0) is 29.7 Å². The molecule has 1 aromatic rings. The van der Waals surface area contributed by atoms with Crippen LogP contribution < -0.4 is 5.73 Å². The van der Waals surface area contributed by atoms with E-state index in [0.29, 0.717) is 19.7 Å². The van der Waals surface area contributed by atoms with Crippen molar-refractivity contribution >= 4 is 10.0 Å². The van der Waals surface area contributed by atoms with Crippen molar-refractivity contribution in [2.24, 2.45) is 5.73 Å². The molecule has 0 fully saturated rings. The molecule has 0 aliphatic rings. The third kappa shape index (κ3) is 3.76. The van der Waals surface area contributed by atoms with Gasteiger partial charge in [-0.1, -0.05) is 13.0 Å². The maximum absolute atomic E-state index is 12.3. The molecular formula is C13H22N2O3S. The second-order valence-corrected chi connectivity index (χ2v) is 6.35. The Hall–Kier alpha value is -0.950.